The normalized spacial score (nSPS) is 25.2. The number of benzene rings is 1. The van der Waals surface area contributed by atoms with Gasteiger partial charge in [-0.3, -0.25) is 10.1 Å². The van der Waals surface area contributed by atoms with E-state index in [1.807, 2.05) is 0 Å². The van der Waals surface area contributed by atoms with Gasteiger partial charge in [0.05, 0.1) is 4.92 Å². The lowest BCUT2D eigenvalue weighted by molar-refractivity contribution is -0.384. The van der Waals surface area contributed by atoms with Crippen LogP contribution in [0.15, 0.2) is 30.5 Å². The van der Waals surface area contributed by atoms with Crippen LogP contribution in [0.5, 0.6) is 0 Å². The fourth-order valence-electron chi connectivity index (χ4n) is 3.88. The number of aromatic nitrogens is 1. The highest BCUT2D eigenvalue weighted by atomic mass is 35.5. The largest absolute Gasteiger partial charge is 0.311 e. The molecule has 0 spiro atoms. The van der Waals surface area contributed by atoms with Crippen LogP contribution in [0.25, 0.3) is 11.1 Å². The number of hydrogen-bond acceptors (Lipinski definition) is 4. The van der Waals surface area contributed by atoms with Crippen LogP contribution in [0.1, 0.15) is 30.7 Å². The zero-order valence-corrected chi connectivity index (χ0v) is 13.5. The lowest BCUT2D eigenvalue weighted by Crippen LogP contribution is -2.21. The fraction of sp³-hybridized carbons (Fsp3) is 0.353. The Bertz CT molecular complexity index is 829. The van der Waals surface area contributed by atoms with Gasteiger partial charge in [-0.05, 0) is 48.6 Å². The summed E-state index contributed by atoms with van der Waals surface area (Å²) in [6, 6.07) is 6.99. The van der Waals surface area contributed by atoms with Crippen LogP contribution in [0.3, 0.4) is 0 Å². The Balaban J connectivity index is 1.72. The minimum absolute atomic E-state index is 0.0103. The second-order valence-corrected chi connectivity index (χ2v) is 6.83. The molecule has 2 bridgehead atoms. The molecule has 2 aliphatic heterocycles. The summed E-state index contributed by atoms with van der Waals surface area (Å²) in [4.78, 5) is 14.2. The maximum absolute atomic E-state index is 14.2. The van der Waals surface area contributed by atoms with Crippen LogP contribution in [-0.4, -0.2) is 22.0 Å². The molecule has 2 aliphatic rings. The third kappa shape index (κ3) is 2.56. The Morgan fingerprint density at radius 3 is 2.79 bits per heavy atom. The van der Waals surface area contributed by atoms with Crippen molar-refractivity contribution in [3.63, 3.8) is 0 Å². The molecule has 4 rings (SSSR count). The molecular formula is C17H15ClFN3O2. The van der Waals surface area contributed by atoms with E-state index in [0.717, 1.165) is 18.4 Å². The fourth-order valence-corrected chi connectivity index (χ4v) is 4.13. The van der Waals surface area contributed by atoms with Crippen molar-refractivity contribution in [2.45, 2.75) is 37.3 Å². The molecule has 1 N–H and O–H groups in total. The topological polar surface area (TPSA) is 68.1 Å². The molecular weight excluding hydrogens is 333 g/mol. The Labute approximate surface area is 143 Å². The van der Waals surface area contributed by atoms with E-state index in [9.17, 15) is 14.5 Å². The standard InChI is InChI=1S/C17H15ClFN3O2/c18-14-6-9(1-4-16(14)22(23)24)13-5-10(8-20-17(13)19)12-7-11-2-3-15(12)21-11/h1,4-6,8,11-12,15,21H,2-3,7H2. The first kappa shape index (κ1) is 15.5. The number of rotatable bonds is 3. The van der Waals surface area contributed by atoms with Gasteiger partial charge in [-0.25, -0.2) is 4.98 Å². The zero-order chi connectivity index (χ0) is 16.8. The summed E-state index contributed by atoms with van der Waals surface area (Å²) < 4.78 is 14.2. The Morgan fingerprint density at radius 1 is 1.33 bits per heavy atom. The molecule has 2 saturated heterocycles. The summed E-state index contributed by atoms with van der Waals surface area (Å²) in [5.74, 6) is -0.260. The average Bonchev–Trinajstić information content (AvgIpc) is 3.18. The van der Waals surface area contributed by atoms with Crippen molar-refractivity contribution in [1.82, 2.24) is 10.3 Å². The SMILES string of the molecule is O=[N+]([O-])c1ccc(-c2cc(C3CC4CCC3N4)cnc2F)cc1Cl. The van der Waals surface area contributed by atoms with E-state index in [4.69, 9.17) is 11.6 Å². The van der Waals surface area contributed by atoms with Crippen molar-refractivity contribution < 1.29 is 9.31 Å². The zero-order valence-electron chi connectivity index (χ0n) is 12.7. The number of nitrogens with zero attached hydrogens (tertiary/aromatic N) is 2. The predicted molar refractivity (Wildman–Crippen MR) is 88.6 cm³/mol. The quantitative estimate of drug-likeness (QED) is 0.516. The van der Waals surface area contributed by atoms with E-state index in [-0.39, 0.29) is 10.7 Å². The molecule has 3 atom stereocenters. The van der Waals surface area contributed by atoms with Gasteiger partial charge in [0.2, 0.25) is 5.95 Å². The van der Waals surface area contributed by atoms with E-state index in [2.05, 4.69) is 10.3 Å². The van der Waals surface area contributed by atoms with Gasteiger partial charge in [0.15, 0.2) is 0 Å². The van der Waals surface area contributed by atoms with Gasteiger partial charge in [-0.2, -0.15) is 4.39 Å². The van der Waals surface area contributed by atoms with E-state index in [0.29, 0.717) is 29.1 Å². The van der Waals surface area contributed by atoms with Crippen molar-refractivity contribution in [1.29, 1.82) is 0 Å². The summed E-state index contributed by atoms with van der Waals surface area (Å²) in [6.07, 6.45) is 4.96. The molecule has 1 aromatic heterocycles. The van der Waals surface area contributed by atoms with Gasteiger partial charge < -0.3 is 5.32 Å². The van der Waals surface area contributed by atoms with Gasteiger partial charge in [-0.1, -0.05) is 11.6 Å². The second-order valence-electron chi connectivity index (χ2n) is 6.42. The van der Waals surface area contributed by atoms with Crippen molar-refractivity contribution in [2.24, 2.45) is 0 Å². The monoisotopic (exact) mass is 347 g/mol. The molecule has 0 saturated carbocycles. The van der Waals surface area contributed by atoms with Crippen molar-refractivity contribution >= 4 is 17.3 Å². The molecule has 7 heteroatoms. The molecule has 3 heterocycles. The van der Waals surface area contributed by atoms with Gasteiger partial charge in [0, 0.05) is 35.8 Å². The number of halogens is 2. The smallest absolute Gasteiger partial charge is 0.287 e. The highest BCUT2D eigenvalue weighted by Gasteiger charge is 2.40. The molecule has 124 valence electrons. The summed E-state index contributed by atoms with van der Waals surface area (Å²) >= 11 is 5.95. The van der Waals surface area contributed by atoms with Gasteiger partial charge in [0.1, 0.15) is 5.02 Å². The van der Waals surface area contributed by atoms with Crippen LogP contribution < -0.4 is 5.32 Å². The number of nitrogens with one attached hydrogen (secondary N) is 1. The van der Waals surface area contributed by atoms with Gasteiger partial charge >= 0.3 is 0 Å². The average molecular weight is 348 g/mol. The molecule has 2 aromatic rings. The number of nitro benzene ring substituents is 1. The van der Waals surface area contributed by atoms with E-state index in [1.165, 1.54) is 24.6 Å². The summed E-state index contributed by atoms with van der Waals surface area (Å²) in [5, 5.41) is 14.4. The summed E-state index contributed by atoms with van der Waals surface area (Å²) in [5.41, 5.74) is 1.63. The minimum Gasteiger partial charge on any atom is -0.311 e. The first-order valence-corrected chi connectivity index (χ1v) is 8.26. The van der Waals surface area contributed by atoms with E-state index < -0.39 is 10.9 Å². The van der Waals surface area contributed by atoms with Crippen LogP contribution >= 0.6 is 11.6 Å². The van der Waals surface area contributed by atoms with Gasteiger partial charge in [0.25, 0.3) is 5.69 Å². The third-order valence-electron chi connectivity index (χ3n) is 5.04. The lowest BCUT2D eigenvalue weighted by atomic mass is 9.84. The molecule has 5 nitrogen and oxygen atoms in total. The van der Waals surface area contributed by atoms with Crippen molar-refractivity contribution in [3.8, 4) is 11.1 Å². The van der Waals surface area contributed by atoms with Crippen LogP contribution in [0, 0.1) is 16.1 Å². The third-order valence-corrected chi connectivity index (χ3v) is 5.35. The molecule has 1 aromatic carbocycles. The highest BCUT2D eigenvalue weighted by Crippen LogP contribution is 2.41. The second kappa shape index (κ2) is 5.79. The number of pyridine rings is 1. The van der Waals surface area contributed by atoms with Gasteiger partial charge in [-0.15, -0.1) is 0 Å². The first-order valence-electron chi connectivity index (χ1n) is 7.88. The Morgan fingerprint density at radius 2 is 2.17 bits per heavy atom. The Kier molecular flexibility index (Phi) is 3.73. The molecule has 2 fully saturated rings. The first-order chi connectivity index (χ1) is 11.5. The summed E-state index contributed by atoms with van der Waals surface area (Å²) in [7, 11) is 0. The number of fused-ring (bicyclic) bond motifs is 2. The number of nitro groups is 1. The minimum atomic E-state index is -0.597. The predicted octanol–water partition coefficient (Wildman–Crippen LogP) is 4.06. The maximum Gasteiger partial charge on any atom is 0.287 e. The molecule has 24 heavy (non-hydrogen) atoms. The maximum atomic E-state index is 14.2. The van der Waals surface area contributed by atoms with Crippen LogP contribution in [0.2, 0.25) is 5.02 Å². The molecule has 0 radical (unpaired) electrons. The highest BCUT2D eigenvalue weighted by molar-refractivity contribution is 6.32. The lowest BCUT2D eigenvalue weighted by Gasteiger charge is -2.20. The molecule has 0 amide bonds. The van der Waals surface area contributed by atoms with Crippen LogP contribution in [-0.2, 0) is 0 Å². The molecule has 3 unspecified atom stereocenters. The van der Waals surface area contributed by atoms with Crippen LogP contribution in [0.4, 0.5) is 10.1 Å². The van der Waals surface area contributed by atoms with Crippen molar-refractivity contribution in [2.75, 3.05) is 0 Å². The number of hydrogen-bond donors (Lipinski definition) is 1. The van der Waals surface area contributed by atoms with E-state index in [1.54, 1.807) is 12.3 Å². The summed E-state index contributed by atoms with van der Waals surface area (Å²) in [6.45, 7) is 0. The van der Waals surface area contributed by atoms with Crippen molar-refractivity contribution in [3.05, 3.63) is 57.1 Å². The molecule has 0 aliphatic carbocycles. The van der Waals surface area contributed by atoms with E-state index >= 15 is 0 Å². The Hall–Kier alpha value is -2.05.